The number of nitrogens with zero attached hydrogens (tertiary/aromatic N) is 3. The summed E-state index contributed by atoms with van der Waals surface area (Å²) in [4.78, 5) is 38.6. The molecule has 2 heterocycles. The van der Waals surface area contributed by atoms with E-state index >= 15 is 0 Å². The third-order valence-corrected chi connectivity index (χ3v) is 3.38. The molecule has 2 rings (SSSR count). The molecule has 1 atom stereocenters. The van der Waals surface area contributed by atoms with Crippen LogP contribution in [0.5, 0.6) is 0 Å². The fourth-order valence-corrected chi connectivity index (χ4v) is 2.26. The van der Waals surface area contributed by atoms with E-state index in [2.05, 4.69) is 15.8 Å². The standard InChI is InChI=1S/C12H19N5O3/c1-16(2)12(20)9-7-13-5-6-17(9)11(19)8-3-4-10(18)15-14-8/h9,13H,3-7H2,1-2H3,(H,15,18). The van der Waals surface area contributed by atoms with E-state index in [4.69, 9.17) is 0 Å². The van der Waals surface area contributed by atoms with E-state index in [-0.39, 0.29) is 24.1 Å². The molecule has 1 saturated heterocycles. The molecule has 1 unspecified atom stereocenters. The zero-order valence-corrected chi connectivity index (χ0v) is 11.7. The van der Waals surface area contributed by atoms with Crippen LogP contribution in [0, 0.1) is 0 Å². The Morgan fingerprint density at radius 1 is 1.35 bits per heavy atom. The molecule has 0 bridgehead atoms. The molecule has 0 radical (unpaired) electrons. The molecule has 0 aromatic rings. The Morgan fingerprint density at radius 2 is 2.10 bits per heavy atom. The van der Waals surface area contributed by atoms with Gasteiger partial charge in [0.2, 0.25) is 11.8 Å². The van der Waals surface area contributed by atoms with Gasteiger partial charge >= 0.3 is 0 Å². The minimum Gasteiger partial charge on any atom is -0.347 e. The van der Waals surface area contributed by atoms with Gasteiger partial charge in [0, 0.05) is 46.6 Å². The Bertz CT molecular complexity index is 460. The van der Waals surface area contributed by atoms with Crippen LogP contribution in [0.3, 0.4) is 0 Å². The lowest BCUT2D eigenvalue weighted by atomic mass is 10.1. The van der Waals surface area contributed by atoms with Gasteiger partial charge in [0.1, 0.15) is 11.8 Å². The lowest BCUT2D eigenvalue weighted by Gasteiger charge is -2.36. The van der Waals surface area contributed by atoms with Crippen molar-refractivity contribution < 1.29 is 14.4 Å². The second-order valence-electron chi connectivity index (χ2n) is 5.04. The van der Waals surface area contributed by atoms with Gasteiger partial charge in [-0.3, -0.25) is 14.4 Å². The molecule has 2 N–H and O–H groups in total. The normalized spacial score (nSPS) is 22.9. The fraction of sp³-hybridized carbons (Fsp3) is 0.667. The summed E-state index contributed by atoms with van der Waals surface area (Å²) in [5.41, 5.74) is 2.62. The maximum absolute atomic E-state index is 12.4. The van der Waals surface area contributed by atoms with E-state index in [1.165, 1.54) is 9.80 Å². The second-order valence-corrected chi connectivity index (χ2v) is 5.04. The number of nitrogens with one attached hydrogen (secondary N) is 2. The molecule has 2 aliphatic heterocycles. The zero-order valence-electron chi connectivity index (χ0n) is 11.7. The number of hydrazone groups is 1. The first kappa shape index (κ1) is 14.4. The molecule has 0 saturated carbocycles. The quantitative estimate of drug-likeness (QED) is 0.621. The van der Waals surface area contributed by atoms with Crippen LogP contribution in [-0.2, 0) is 14.4 Å². The molecule has 8 heteroatoms. The Labute approximate surface area is 117 Å². The topological polar surface area (TPSA) is 94.1 Å². The van der Waals surface area contributed by atoms with Gasteiger partial charge in [-0.05, 0) is 0 Å². The van der Waals surface area contributed by atoms with Crippen molar-refractivity contribution in [3.63, 3.8) is 0 Å². The molecule has 1 fully saturated rings. The van der Waals surface area contributed by atoms with Gasteiger partial charge in [0.25, 0.3) is 5.91 Å². The van der Waals surface area contributed by atoms with Gasteiger partial charge in [-0.2, -0.15) is 5.10 Å². The van der Waals surface area contributed by atoms with Crippen LogP contribution in [0.2, 0.25) is 0 Å². The van der Waals surface area contributed by atoms with Gasteiger partial charge in [0.05, 0.1) is 0 Å². The van der Waals surface area contributed by atoms with E-state index in [9.17, 15) is 14.4 Å². The summed E-state index contributed by atoms with van der Waals surface area (Å²) in [6, 6.07) is -0.522. The van der Waals surface area contributed by atoms with Gasteiger partial charge in [0.15, 0.2) is 0 Å². The van der Waals surface area contributed by atoms with Crippen molar-refractivity contribution in [3.05, 3.63) is 0 Å². The predicted octanol–water partition coefficient (Wildman–Crippen LogP) is -1.86. The van der Waals surface area contributed by atoms with Crippen molar-refractivity contribution in [2.45, 2.75) is 18.9 Å². The summed E-state index contributed by atoms with van der Waals surface area (Å²) in [5, 5.41) is 6.92. The van der Waals surface area contributed by atoms with E-state index < -0.39 is 6.04 Å². The van der Waals surface area contributed by atoms with Crippen LogP contribution in [-0.4, -0.2) is 73.0 Å². The average Bonchev–Trinajstić information content (AvgIpc) is 2.46. The van der Waals surface area contributed by atoms with E-state index in [1.54, 1.807) is 14.1 Å². The molecule has 3 amide bonds. The first-order valence-corrected chi connectivity index (χ1v) is 6.59. The molecular formula is C12H19N5O3. The van der Waals surface area contributed by atoms with Crippen LogP contribution in [0.15, 0.2) is 5.10 Å². The van der Waals surface area contributed by atoms with Crippen molar-refractivity contribution in [1.82, 2.24) is 20.5 Å². The fourth-order valence-electron chi connectivity index (χ4n) is 2.26. The molecule has 20 heavy (non-hydrogen) atoms. The Balaban J connectivity index is 2.13. The molecule has 110 valence electrons. The molecule has 0 aliphatic carbocycles. The maximum atomic E-state index is 12.4. The molecule has 8 nitrogen and oxygen atoms in total. The van der Waals surface area contributed by atoms with Crippen LogP contribution in [0.1, 0.15) is 12.8 Å². The minimum atomic E-state index is -0.522. The highest BCUT2D eigenvalue weighted by Crippen LogP contribution is 2.10. The highest BCUT2D eigenvalue weighted by molar-refractivity contribution is 6.39. The van der Waals surface area contributed by atoms with Gasteiger partial charge in [-0.25, -0.2) is 5.43 Å². The maximum Gasteiger partial charge on any atom is 0.270 e. The number of amides is 3. The van der Waals surface area contributed by atoms with Crippen LogP contribution >= 0.6 is 0 Å². The van der Waals surface area contributed by atoms with E-state index in [1.807, 2.05) is 0 Å². The first-order valence-electron chi connectivity index (χ1n) is 6.59. The lowest BCUT2D eigenvalue weighted by molar-refractivity contribution is -0.142. The molecule has 2 aliphatic rings. The minimum absolute atomic E-state index is 0.119. The summed E-state index contributed by atoms with van der Waals surface area (Å²) in [6.45, 7) is 1.53. The number of carbonyl (C=O) groups excluding carboxylic acids is 3. The van der Waals surface area contributed by atoms with Crippen molar-refractivity contribution in [2.24, 2.45) is 5.10 Å². The predicted molar refractivity (Wildman–Crippen MR) is 71.9 cm³/mol. The number of hydrogen-bond donors (Lipinski definition) is 2. The third-order valence-electron chi connectivity index (χ3n) is 3.38. The van der Waals surface area contributed by atoms with Crippen molar-refractivity contribution in [1.29, 1.82) is 0 Å². The highest BCUT2D eigenvalue weighted by atomic mass is 16.2. The van der Waals surface area contributed by atoms with E-state index in [0.717, 1.165) is 0 Å². The summed E-state index contributed by atoms with van der Waals surface area (Å²) < 4.78 is 0. The summed E-state index contributed by atoms with van der Waals surface area (Å²) >= 11 is 0. The van der Waals surface area contributed by atoms with Gasteiger partial charge in [-0.15, -0.1) is 0 Å². The number of piperazine rings is 1. The molecule has 0 spiro atoms. The lowest BCUT2D eigenvalue weighted by Crippen LogP contribution is -2.60. The number of carbonyl (C=O) groups is 3. The van der Waals surface area contributed by atoms with Gasteiger partial charge in [-0.1, -0.05) is 0 Å². The van der Waals surface area contributed by atoms with Crippen LogP contribution < -0.4 is 10.7 Å². The zero-order chi connectivity index (χ0) is 14.7. The summed E-state index contributed by atoms with van der Waals surface area (Å²) in [7, 11) is 3.33. The Morgan fingerprint density at radius 3 is 2.70 bits per heavy atom. The largest absolute Gasteiger partial charge is 0.347 e. The van der Waals surface area contributed by atoms with Crippen LogP contribution in [0.25, 0.3) is 0 Å². The smallest absolute Gasteiger partial charge is 0.270 e. The third kappa shape index (κ3) is 2.96. The number of rotatable bonds is 2. The number of likely N-dealkylation sites (N-methyl/N-ethyl adjacent to an activating group) is 1. The number of hydrogen-bond acceptors (Lipinski definition) is 5. The van der Waals surface area contributed by atoms with Crippen LogP contribution in [0.4, 0.5) is 0 Å². The Kier molecular flexibility index (Phi) is 4.33. The van der Waals surface area contributed by atoms with E-state index in [0.29, 0.717) is 31.8 Å². The summed E-state index contributed by atoms with van der Waals surface area (Å²) in [5.74, 6) is -0.583. The van der Waals surface area contributed by atoms with Crippen molar-refractivity contribution >= 4 is 23.4 Å². The second kappa shape index (κ2) is 6.00. The summed E-state index contributed by atoms with van der Waals surface area (Å²) in [6.07, 6.45) is 0.570. The Hall–Kier alpha value is -1.96. The monoisotopic (exact) mass is 281 g/mol. The first-order chi connectivity index (χ1) is 9.50. The SMILES string of the molecule is CN(C)C(=O)C1CNCCN1C(=O)C1=NNC(=O)CC1. The molecule has 0 aromatic heterocycles. The van der Waals surface area contributed by atoms with Gasteiger partial charge < -0.3 is 15.1 Å². The molecule has 0 aromatic carbocycles. The van der Waals surface area contributed by atoms with Crippen molar-refractivity contribution in [2.75, 3.05) is 33.7 Å². The highest BCUT2D eigenvalue weighted by Gasteiger charge is 2.35. The average molecular weight is 281 g/mol. The molecular weight excluding hydrogens is 262 g/mol. The van der Waals surface area contributed by atoms with Crippen molar-refractivity contribution in [3.8, 4) is 0 Å².